The molecule has 1 unspecified atom stereocenters. The predicted molar refractivity (Wildman–Crippen MR) is 66.0 cm³/mol. The number of hydrogen-bond donors (Lipinski definition) is 0. The fourth-order valence-electron chi connectivity index (χ4n) is 2.04. The van der Waals surface area contributed by atoms with Gasteiger partial charge in [-0.25, -0.2) is 4.79 Å². The van der Waals surface area contributed by atoms with Crippen molar-refractivity contribution >= 4 is 5.97 Å². The van der Waals surface area contributed by atoms with Crippen molar-refractivity contribution in [1.29, 1.82) is 0 Å². The predicted octanol–water partition coefficient (Wildman–Crippen LogP) is 2.86. The van der Waals surface area contributed by atoms with Crippen molar-refractivity contribution < 1.29 is 13.9 Å². The summed E-state index contributed by atoms with van der Waals surface area (Å²) < 4.78 is 10.1. The molecule has 1 rings (SSSR count). The van der Waals surface area contributed by atoms with E-state index >= 15 is 0 Å². The van der Waals surface area contributed by atoms with Gasteiger partial charge in [0, 0.05) is 6.04 Å². The zero-order valence-corrected chi connectivity index (χ0v) is 11.2. The average Bonchev–Trinajstić information content (AvgIpc) is 2.77. The minimum absolute atomic E-state index is 0.151. The van der Waals surface area contributed by atoms with Crippen LogP contribution >= 0.6 is 0 Å². The summed E-state index contributed by atoms with van der Waals surface area (Å²) in [6.45, 7) is 9.41. The van der Waals surface area contributed by atoms with E-state index in [0.29, 0.717) is 6.04 Å². The third-order valence-electron chi connectivity index (χ3n) is 2.95. The van der Waals surface area contributed by atoms with Gasteiger partial charge in [-0.05, 0) is 39.4 Å². The zero-order valence-electron chi connectivity index (χ0n) is 11.2. The lowest BCUT2D eigenvalue weighted by Gasteiger charge is -2.30. The monoisotopic (exact) mass is 239 g/mol. The first-order valence-electron chi connectivity index (χ1n) is 5.95. The molecule has 0 aliphatic carbocycles. The molecule has 0 saturated heterocycles. The molecule has 1 atom stereocenters. The van der Waals surface area contributed by atoms with Gasteiger partial charge >= 0.3 is 5.97 Å². The van der Waals surface area contributed by atoms with Crippen LogP contribution < -0.4 is 0 Å². The summed E-state index contributed by atoms with van der Waals surface area (Å²) >= 11 is 0. The molecule has 0 N–H and O–H groups in total. The van der Waals surface area contributed by atoms with Crippen LogP contribution in [0.5, 0.6) is 0 Å². The van der Waals surface area contributed by atoms with Crippen LogP contribution in [-0.4, -0.2) is 30.6 Å². The maximum Gasteiger partial charge on any atom is 0.373 e. The van der Waals surface area contributed by atoms with Crippen molar-refractivity contribution in [3.63, 3.8) is 0 Å². The van der Waals surface area contributed by atoms with Crippen LogP contribution in [0.25, 0.3) is 0 Å². The van der Waals surface area contributed by atoms with Gasteiger partial charge in [-0.15, -0.1) is 0 Å². The number of rotatable bonds is 5. The van der Waals surface area contributed by atoms with E-state index in [2.05, 4.69) is 37.3 Å². The van der Waals surface area contributed by atoms with Crippen LogP contribution in [-0.2, 0) is 4.74 Å². The number of nitrogens with zero attached hydrogens (tertiary/aromatic N) is 1. The Hall–Kier alpha value is -1.29. The highest BCUT2D eigenvalue weighted by Gasteiger charge is 2.21. The van der Waals surface area contributed by atoms with E-state index in [9.17, 15) is 4.79 Å². The summed E-state index contributed by atoms with van der Waals surface area (Å²) in [6.07, 6.45) is 0. The van der Waals surface area contributed by atoms with Crippen LogP contribution in [0.3, 0.4) is 0 Å². The lowest BCUT2D eigenvalue weighted by atomic mass is 10.2. The van der Waals surface area contributed by atoms with Crippen LogP contribution in [0, 0.1) is 0 Å². The standard InChI is InChI=1S/C13H21NO3/c1-6-14(9(2)3)10(4)11-7-8-12(17-11)13(15)16-5/h7-10H,6H2,1-5H3. The molecule has 1 aromatic heterocycles. The summed E-state index contributed by atoms with van der Waals surface area (Å²) in [7, 11) is 1.35. The molecule has 1 aromatic rings. The maximum atomic E-state index is 11.3. The van der Waals surface area contributed by atoms with Crippen LogP contribution in [0.4, 0.5) is 0 Å². The normalized spacial score (nSPS) is 13.1. The Kier molecular flexibility index (Phi) is 4.75. The molecule has 4 heteroatoms. The Morgan fingerprint density at radius 1 is 1.41 bits per heavy atom. The Bertz CT molecular complexity index is 370. The second-order valence-corrected chi connectivity index (χ2v) is 4.29. The minimum Gasteiger partial charge on any atom is -0.463 e. The van der Waals surface area contributed by atoms with Gasteiger partial charge in [-0.3, -0.25) is 4.90 Å². The molecule has 0 aliphatic rings. The van der Waals surface area contributed by atoms with Crippen LogP contribution in [0.1, 0.15) is 50.1 Å². The number of carbonyl (C=O) groups is 1. The highest BCUT2D eigenvalue weighted by molar-refractivity contribution is 5.86. The molecule has 0 aliphatic heterocycles. The Morgan fingerprint density at radius 3 is 2.53 bits per heavy atom. The second kappa shape index (κ2) is 5.87. The number of ether oxygens (including phenoxy) is 1. The molecule has 0 saturated carbocycles. The van der Waals surface area contributed by atoms with Gasteiger partial charge in [0.05, 0.1) is 13.2 Å². The average molecular weight is 239 g/mol. The SMILES string of the molecule is CCN(C(C)C)C(C)c1ccc(C(=O)OC)o1. The lowest BCUT2D eigenvalue weighted by Crippen LogP contribution is -2.33. The van der Waals surface area contributed by atoms with Gasteiger partial charge in [0.1, 0.15) is 5.76 Å². The fourth-order valence-corrected chi connectivity index (χ4v) is 2.04. The van der Waals surface area contributed by atoms with Gasteiger partial charge in [0.15, 0.2) is 0 Å². The molecule has 0 amide bonds. The molecule has 0 radical (unpaired) electrons. The smallest absolute Gasteiger partial charge is 0.373 e. The number of carbonyl (C=O) groups excluding carboxylic acids is 1. The van der Waals surface area contributed by atoms with E-state index in [4.69, 9.17) is 4.42 Å². The molecule has 96 valence electrons. The molecule has 1 heterocycles. The van der Waals surface area contributed by atoms with Gasteiger partial charge in [-0.2, -0.15) is 0 Å². The Morgan fingerprint density at radius 2 is 2.06 bits per heavy atom. The summed E-state index contributed by atoms with van der Waals surface area (Å²) in [4.78, 5) is 13.6. The van der Waals surface area contributed by atoms with Crippen molar-refractivity contribution in [2.24, 2.45) is 0 Å². The van der Waals surface area contributed by atoms with Gasteiger partial charge in [0.2, 0.25) is 5.76 Å². The van der Waals surface area contributed by atoms with E-state index in [1.54, 1.807) is 6.07 Å². The maximum absolute atomic E-state index is 11.3. The van der Waals surface area contributed by atoms with Gasteiger partial charge < -0.3 is 9.15 Å². The fraction of sp³-hybridized carbons (Fsp3) is 0.615. The number of methoxy groups -OCH3 is 1. The van der Waals surface area contributed by atoms with Crippen LogP contribution in [0.15, 0.2) is 16.5 Å². The second-order valence-electron chi connectivity index (χ2n) is 4.29. The lowest BCUT2D eigenvalue weighted by molar-refractivity contribution is 0.0557. The molecule has 0 fully saturated rings. The summed E-state index contributed by atoms with van der Waals surface area (Å²) in [6, 6.07) is 4.08. The first-order valence-corrected chi connectivity index (χ1v) is 5.95. The van der Waals surface area contributed by atoms with Crippen molar-refractivity contribution in [3.05, 3.63) is 23.7 Å². The van der Waals surface area contributed by atoms with E-state index in [1.807, 2.05) is 6.07 Å². The molecular formula is C13H21NO3. The van der Waals surface area contributed by atoms with Gasteiger partial charge in [-0.1, -0.05) is 6.92 Å². The van der Waals surface area contributed by atoms with Crippen LogP contribution in [0.2, 0.25) is 0 Å². The Balaban J connectivity index is 2.85. The molecule has 4 nitrogen and oxygen atoms in total. The van der Waals surface area contributed by atoms with Crippen molar-refractivity contribution in [2.45, 2.75) is 39.8 Å². The van der Waals surface area contributed by atoms with E-state index in [0.717, 1.165) is 12.3 Å². The molecular weight excluding hydrogens is 218 g/mol. The van der Waals surface area contributed by atoms with E-state index in [-0.39, 0.29) is 11.8 Å². The van der Waals surface area contributed by atoms with Crippen molar-refractivity contribution in [3.8, 4) is 0 Å². The third-order valence-corrected chi connectivity index (χ3v) is 2.95. The highest BCUT2D eigenvalue weighted by Crippen LogP contribution is 2.24. The molecule has 0 bridgehead atoms. The summed E-state index contributed by atoms with van der Waals surface area (Å²) in [5.41, 5.74) is 0. The molecule has 17 heavy (non-hydrogen) atoms. The number of esters is 1. The summed E-state index contributed by atoms with van der Waals surface area (Å²) in [5, 5.41) is 0. The van der Waals surface area contributed by atoms with Crippen molar-refractivity contribution in [2.75, 3.05) is 13.7 Å². The van der Waals surface area contributed by atoms with Crippen molar-refractivity contribution in [1.82, 2.24) is 4.90 Å². The zero-order chi connectivity index (χ0) is 13.0. The Labute approximate surface area is 103 Å². The number of furan rings is 1. The van der Waals surface area contributed by atoms with Gasteiger partial charge in [0.25, 0.3) is 0 Å². The largest absolute Gasteiger partial charge is 0.463 e. The van der Waals surface area contributed by atoms with E-state index < -0.39 is 5.97 Å². The highest BCUT2D eigenvalue weighted by atomic mass is 16.5. The quantitative estimate of drug-likeness (QED) is 0.741. The van der Waals surface area contributed by atoms with E-state index in [1.165, 1.54) is 7.11 Å². The third kappa shape index (κ3) is 3.09. The topological polar surface area (TPSA) is 42.7 Å². The minimum atomic E-state index is -0.434. The molecule has 0 spiro atoms. The molecule has 0 aromatic carbocycles. The number of hydrogen-bond acceptors (Lipinski definition) is 4. The first kappa shape index (κ1) is 13.8. The first-order chi connectivity index (χ1) is 8.01. The summed E-state index contributed by atoms with van der Waals surface area (Å²) in [5.74, 6) is 0.617.